The molecule has 8 heteroatoms. The number of anilines is 1. The first-order chi connectivity index (χ1) is 13.8. The van der Waals surface area contributed by atoms with Gasteiger partial charge in [-0.25, -0.2) is 9.59 Å². The highest BCUT2D eigenvalue weighted by atomic mass is 16.5. The first kappa shape index (κ1) is 23.9. The number of pyridine rings is 1. The number of nitrogens with one attached hydrogen (secondary N) is 1. The standard InChI is InChI=1S/C17H25N3O.C4H4O4/c1-4-14-8-7-13-10-15(21-3)11-16(17(13)20-14)19-12(2)6-5-9-18;5-3(6)1-2-4(7)8/h7-8,10-12,19H,4-6,9,18H2,1-3H3;1-2H,(H,5,6)(H,7,8). The number of fused-ring (bicyclic) bond motifs is 1. The van der Waals surface area contributed by atoms with E-state index in [1.54, 1.807) is 7.11 Å². The van der Waals surface area contributed by atoms with Gasteiger partial charge in [0.2, 0.25) is 0 Å². The third kappa shape index (κ3) is 8.61. The topological polar surface area (TPSA) is 135 Å². The van der Waals surface area contributed by atoms with Crippen LogP contribution in [-0.2, 0) is 16.0 Å². The Morgan fingerprint density at radius 2 is 1.90 bits per heavy atom. The van der Waals surface area contributed by atoms with E-state index in [1.165, 1.54) is 0 Å². The van der Waals surface area contributed by atoms with Crippen LogP contribution in [0, 0.1) is 0 Å². The van der Waals surface area contributed by atoms with E-state index >= 15 is 0 Å². The Bertz CT molecular complexity index is 836. The van der Waals surface area contributed by atoms with Gasteiger partial charge in [0, 0.05) is 35.3 Å². The molecule has 2 aromatic rings. The Morgan fingerprint density at radius 1 is 1.24 bits per heavy atom. The Kier molecular flexibility index (Phi) is 10.2. The number of aryl methyl sites for hydroxylation is 1. The number of carboxylic acid groups (broad SMARTS) is 2. The second-order valence-electron chi connectivity index (χ2n) is 6.39. The van der Waals surface area contributed by atoms with Crippen LogP contribution in [0.25, 0.3) is 10.9 Å². The second kappa shape index (κ2) is 12.4. The van der Waals surface area contributed by atoms with Gasteiger partial charge in [-0.2, -0.15) is 0 Å². The van der Waals surface area contributed by atoms with E-state index in [0.717, 1.165) is 53.8 Å². The van der Waals surface area contributed by atoms with Gasteiger partial charge in [-0.15, -0.1) is 0 Å². The van der Waals surface area contributed by atoms with Crippen molar-refractivity contribution in [2.45, 2.75) is 39.2 Å². The third-order valence-corrected chi connectivity index (χ3v) is 4.03. The van der Waals surface area contributed by atoms with Crippen LogP contribution in [0.2, 0.25) is 0 Å². The predicted molar refractivity (Wildman–Crippen MR) is 113 cm³/mol. The van der Waals surface area contributed by atoms with E-state index in [9.17, 15) is 9.59 Å². The van der Waals surface area contributed by atoms with Gasteiger partial charge in [-0.3, -0.25) is 4.98 Å². The average molecular weight is 403 g/mol. The molecule has 0 spiro atoms. The molecule has 0 amide bonds. The number of aliphatic carboxylic acids is 2. The number of benzene rings is 1. The van der Waals surface area contributed by atoms with E-state index in [2.05, 4.69) is 31.3 Å². The molecule has 1 aromatic carbocycles. The number of ether oxygens (including phenoxy) is 1. The fourth-order valence-electron chi connectivity index (χ4n) is 2.58. The van der Waals surface area contributed by atoms with Crippen LogP contribution in [0.5, 0.6) is 5.75 Å². The van der Waals surface area contributed by atoms with Gasteiger partial charge in [0.05, 0.1) is 18.3 Å². The summed E-state index contributed by atoms with van der Waals surface area (Å²) in [6, 6.07) is 8.59. The lowest BCUT2D eigenvalue weighted by Crippen LogP contribution is -2.17. The molecule has 0 aliphatic carbocycles. The minimum absolute atomic E-state index is 0.357. The Hall–Kier alpha value is -3.13. The van der Waals surface area contributed by atoms with Gasteiger partial charge in [-0.05, 0) is 44.9 Å². The molecule has 0 saturated heterocycles. The molecule has 1 heterocycles. The number of nitrogens with zero attached hydrogens (tertiary/aromatic N) is 1. The number of hydrogen-bond donors (Lipinski definition) is 4. The van der Waals surface area contributed by atoms with Crippen LogP contribution >= 0.6 is 0 Å². The highest BCUT2D eigenvalue weighted by Crippen LogP contribution is 2.29. The lowest BCUT2D eigenvalue weighted by atomic mass is 10.1. The number of aromatic nitrogens is 1. The fourth-order valence-corrected chi connectivity index (χ4v) is 2.58. The van der Waals surface area contributed by atoms with Crippen molar-refractivity contribution in [1.29, 1.82) is 0 Å². The van der Waals surface area contributed by atoms with E-state index in [0.29, 0.717) is 18.2 Å². The van der Waals surface area contributed by atoms with Crippen LogP contribution in [0.3, 0.4) is 0 Å². The molecule has 1 atom stereocenters. The Morgan fingerprint density at radius 3 is 2.41 bits per heavy atom. The van der Waals surface area contributed by atoms with E-state index in [4.69, 9.17) is 25.7 Å². The summed E-state index contributed by atoms with van der Waals surface area (Å²) in [5.41, 5.74) is 8.73. The largest absolute Gasteiger partial charge is 0.497 e. The summed E-state index contributed by atoms with van der Waals surface area (Å²) < 4.78 is 5.39. The number of nitrogens with two attached hydrogens (primary N) is 1. The molecule has 0 bridgehead atoms. The Labute approximate surface area is 170 Å². The maximum atomic E-state index is 9.55. The van der Waals surface area contributed by atoms with Gasteiger partial charge in [0.25, 0.3) is 0 Å². The van der Waals surface area contributed by atoms with Gasteiger partial charge >= 0.3 is 11.9 Å². The number of rotatable bonds is 9. The van der Waals surface area contributed by atoms with Crippen molar-refractivity contribution in [3.8, 4) is 5.75 Å². The summed E-state index contributed by atoms with van der Waals surface area (Å²) in [5, 5.41) is 20.3. The molecule has 2 rings (SSSR count). The lowest BCUT2D eigenvalue weighted by molar-refractivity contribution is -0.134. The first-order valence-corrected chi connectivity index (χ1v) is 9.38. The molecule has 0 fully saturated rings. The van der Waals surface area contributed by atoms with Gasteiger partial charge in [0.15, 0.2) is 0 Å². The van der Waals surface area contributed by atoms with Crippen LogP contribution < -0.4 is 15.8 Å². The third-order valence-electron chi connectivity index (χ3n) is 4.03. The van der Waals surface area contributed by atoms with Crippen molar-refractivity contribution in [2.24, 2.45) is 5.73 Å². The maximum Gasteiger partial charge on any atom is 0.328 e. The number of carbonyl (C=O) groups is 2. The number of carboxylic acids is 2. The molecule has 29 heavy (non-hydrogen) atoms. The minimum atomic E-state index is -1.26. The lowest BCUT2D eigenvalue weighted by Gasteiger charge is -2.17. The summed E-state index contributed by atoms with van der Waals surface area (Å²) in [7, 11) is 1.69. The highest BCUT2D eigenvalue weighted by molar-refractivity contribution is 5.92. The van der Waals surface area contributed by atoms with Crippen LogP contribution in [0.4, 0.5) is 5.69 Å². The van der Waals surface area contributed by atoms with Crippen LogP contribution in [0.15, 0.2) is 36.4 Å². The maximum absolute atomic E-state index is 9.55. The zero-order valence-electron chi connectivity index (χ0n) is 17.0. The molecule has 0 aliphatic heterocycles. The van der Waals surface area contributed by atoms with E-state index in [-0.39, 0.29) is 0 Å². The fraction of sp³-hybridized carbons (Fsp3) is 0.381. The molecule has 158 valence electrons. The molecular weight excluding hydrogens is 374 g/mol. The van der Waals surface area contributed by atoms with Crippen molar-refractivity contribution in [1.82, 2.24) is 4.98 Å². The minimum Gasteiger partial charge on any atom is -0.497 e. The molecule has 5 N–H and O–H groups in total. The molecular formula is C21H29N3O5. The zero-order chi connectivity index (χ0) is 21.8. The first-order valence-electron chi connectivity index (χ1n) is 9.38. The monoisotopic (exact) mass is 403 g/mol. The van der Waals surface area contributed by atoms with Gasteiger partial charge in [-0.1, -0.05) is 13.0 Å². The van der Waals surface area contributed by atoms with E-state index < -0.39 is 11.9 Å². The summed E-state index contributed by atoms with van der Waals surface area (Å²) in [5.74, 6) is -1.66. The molecule has 8 nitrogen and oxygen atoms in total. The number of hydrogen-bond acceptors (Lipinski definition) is 6. The molecule has 0 saturated carbocycles. The summed E-state index contributed by atoms with van der Waals surface area (Å²) in [6.07, 6.45) is 4.11. The normalized spacial score (nSPS) is 11.6. The van der Waals surface area contributed by atoms with Crippen molar-refractivity contribution in [3.05, 3.63) is 42.1 Å². The van der Waals surface area contributed by atoms with Crippen molar-refractivity contribution in [3.63, 3.8) is 0 Å². The second-order valence-corrected chi connectivity index (χ2v) is 6.39. The molecule has 0 radical (unpaired) electrons. The summed E-state index contributed by atoms with van der Waals surface area (Å²) in [4.78, 5) is 23.9. The summed E-state index contributed by atoms with van der Waals surface area (Å²) >= 11 is 0. The van der Waals surface area contributed by atoms with Crippen LogP contribution in [0.1, 0.15) is 32.4 Å². The zero-order valence-corrected chi connectivity index (χ0v) is 17.0. The molecule has 1 unspecified atom stereocenters. The predicted octanol–water partition coefficient (Wildman–Crippen LogP) is 3.06. The highest BCUT2D eigenvalue weighted by Gasteiger charge is 2.10. The van der Waals surface area contributed by atoms with Gasteiger partial charge in [0.1, 0.15) is 5.75 Å². The van der Waals surface area contributed by atoms with E-state index in [1.807, 2.05) is 12.1 Å². The van der Waals surface area contributed by atoms with Crippen molar-refractivity contribution in [2.75, 3.05) is 19.0 Å². The number of methoxy groups -OCH3 is 1. The van der Waals surface area contributed by atoms with Crippen LogP contribution in [-0.4, -0.2) is 46.8 Å². The SMILES string of the molecule is CCc1ccc2cc(OC)cc(NC(C)CCCN)c2n1.O=C(O)C=CC(=O)O. The summed E-state index contributed by atoms with van der Waals surface area (Å²) in [6.45, 7) is 5.02. The average Bonchev–Trinajstić information content (AvgIpc) is 2.70. The quantitative estimate of drug-likeness (QED) is 0.469. The van der Waals surface area contributed by atoms with Gasteiger partial charge < -0.3 is 26.0 Å². The van der Waals surface area contributed by atoms with Crippen molar-refractivity contribution >= 4 is 28.5 Å². The van der Waals surface area contributed by atoms with Crippen molar-refractivity contribution < 1.29 is 24.5 Å². The molecule has 0 aliphatic rings. The smallest absolute Gasteiger partial charge is 0.328 e. The molecule has 1 aromatic heterocycles. The Balaban J connectivity index is 0.000000447.